The molecule has 1 heterocycles. The lowest BCUT2D eigenvalue weighted by atomic mass is 10.2. The van der Waals surface area contributed by atoms with Gasteiger partial charge in [-0.2, -0.15) is 5.10 Å². The first-order valence-electron chi connectivity index (χ1n) is 3.58. The molecule has 0 saturated carbocycles. The highest BCUT2D eigenvalue weighted by molar-refractivity contribution is 5.89. The van der Waals surface area contributed by atoms with E-state index in [-0.39, 0.29) is 0 Å². The number of aromatic amines is 1. The number of aromatic nitrogens is 2. The van der Waals surface area contributed by atoms with E-state index in [1.54, 1.807) is 19.4 Å². The van der Waals surface area contributed by atoms with E-state index in [9.17, 15) is 0 Å². The Morgan fingerprint density at radius 3 is 3.08 bits per heavy atom. The highest BCUT2D eigenvalue weighted by atomic mass is 16.5. The van der Waals surface area contributed by atoms with Gasteiger partial charge in [0.25, 0.3) is 0 Å². The van der Waals surface area contributed by atoms with Gasteiger partial charge in [-0.05, 0) is 12.1 Å². The number of methoxy groups -OCH3 is 1. The summed E-state index contributed by atoms with van der Waals surface area (Å²) in [7, 11) is 1.59. The molecule has 0 unspecified atom stereocenters. The average Bonchev–Trinajstić information content (AvgIpc) is 2.52. The zero-order valence-electron chi connectivity index (χ0n) is 6.66. The summed E-state index contributed by atoms with van der Waals surface area (Å²) < 4.78 is 5.12. The van der Waals surface area contributed by atoms with Crippen molar-refractivity contribution in [2.24, 2.45) is 0 Å². The molecule has 0 spiro atoms. The lowest BCUT2D eigenvalue weighted by Crippen LogP contribution is -1.92. The molecule has 0 aliphatic heterocycles. The molecule has 0 fully saturated rings. The molecule has 1 aromatic heterocycles. The molecule has 0 saturated heterocycles. The van der Waals surface area contributed by atoms with Gasteiger partial charge in [-0.15, -0.1) is 0 Å². The summed E-state index contributed by atoms with van der Waals surface area (Å²) in [5.41, 5.74) is 7.15. The van der Waals surface area contributed by atoms with Crippen LogP contribution in [0.4, 0.5) is 5.69 Å². The van der Waals surface area contributed by atoms with Crippen molar-refractivity contribution in [2.45, 2.75) is 0 Å². The molecular formula is C8H9N3O. The predicted molar refractivity (Wildman–Crippen MR) is 47.1 cm³/mol. The van der Waals surface area contributed by atoms with E-state index in [0.717, 1.165) is 10.9 Å². The molecule has 12 heavy (non-hydrogen) atoms. The summed E-state index contributed by atoms with van der Waals surface area (Å²) >= 11 is 0. The summed E-state index contributed by atoms with van der Waals surface area (Å²) in [6, 6.07) is 3.70. The number of nitrogens with zero attached hydrogens (tertiary/aromatic N) is 1. The van der Waals surface area contributed by atoms with Gasteiger partial charge in [-0.25, -0.2) is 0 Å². The van der Waals surface area contributed by atoms with E-state index in [1.165, 1.54) is 0 Å². The standard InChI is InChI=1S/C8H9N3O/c1-12-8-6(9)3-2-5-4-10-11-7(5)8/h2-4H,9H2,1H3,(H,10,11). The third-order valence-electron chi connectivity index (χ3n) is 1.80. The van der Waals surface area contributed by atoms with Crippen LogP contribution in [0.2, 0.25) is 0 Å². The Kier molecular flexibility index (Phi) is 1.40. The molecular weight excluding hydrogens is 154 g/mol. The van der Waals surface area contributed by atoms with Gasteiger partial charge in [0.2, 0.25) is 0 Å². The number of benzene rings is 1. The second kappa shape index (κ2) is 2.41. The first-order valence-corrected chi connectivity index (χ1v) is 3.58. The summed E-state index contributed by atoms with van der Waals surface area (Å²) in [5.74, 6) is 0.657. The smallest absolute Gasteiger partial charge is 0.167 e. The molecule has 0 bridgehead atoms. The fourth-order valence-corrected chi connectivity index (χ4v) is 1.22. The molecule has 0 aliphatic rings. The zero-order chi connectivity index (χ0) is 8.55. The Bertz CT molecular complexity index is 408. The second-order valence-corrected chi connectivity index (χ2v) is 2.52. The number of hydrogen-bond donors (Lipinski definition) is 2. The van der Waals surface area contributed by atoms with E-state index >= 15 is 0 Å². The molecule has 4 heteroatoms. The van der Waals surface area contributed by atoms with Crippen molar-refractivity contribution in [3.05, 3.63) is 18.3 Å². The van der Waals surface area contributed by atoms with Gasteiger partial charge in [0.15, 0.2) is 5.75 Å². The van der Waals surface area contributed by atoms with Crippen molar-refractivity contribution in [1.82, 2.24) is 10.2 Å². The lowest BCUT2D eigenvalue weighted by molar-refractivity contribution is 0.421. The molecule has 0 radical (unpaired) electrons. The number of hydrogen-bond acceptors (Lipinski definition) is 3. The van der Waals surface area contributed by atoms with E-state index in [1.807, 2.05) is 6.07 Å². The third kappa shape index (κ3) is 0.812. The summed E-state index contributed by atoms with van der Waals surface area (Å²) in [6.45, 7) is 0. The van der Waals surface area contributed by atoms with Crippen LogP contribution in [0.5, 0.6) is 5.75 Å². The normalized spacial score (nSPS) is 10.4. The molecule has 2 aromatic rings. The molecule has 0 atom stereocenters. The van der Waals surface area contributed by atoms with Crippen molar-refractivity contribution < 1.29 is 4.74 Å². The number of nitrogens with one attached hydrogen (secondary N) is 1. The SMILES string of the molecule is COc1c(N)ccc2cn[nH]c12. The molecule has 1 aromatic carbocycles. The van der Waals surface area contributed by atoms with Crippen molar-refractivity contribution in [3.63, 3.8) is 0 Å². The van der Waals surface area contributed by atoms with Crippen LogP contribution in [-0.2, 0) is 0 Å². The van der Waals surface area contributed by atoms with Gasteiger partial charge < -0.3 is 10.5 Å². The Labute approximate surface area is 69.3 Å². The molecule has 2 rings (SSSR count). The van der Waals surface area contributed by atoms with Gasteiger partial charge >= 0.3 is 0 Å². The van der Waals surface area contributed by atoms with Crippen LogP contribution in [0.1, 0.15) is 0 Å². The van der Waals surface area contributed by atoms with E-state index < -0.39 is 0 Å². The van der Waals surface area contributed by atoms with Crippen LogP contribution in [0.15, 0.2) is 18.3 Å². The lowest BCUT2D eigenvalue weighted by Gasteiger charge is -2.03. The molecule has 4 nitrogen and oxygen atoms in total. The second-order valence-electron chi connectivity index (χ2n) is 2.52. The van der Waals surface area contributed by atoms with Crippen LogP contribution < -0.4 is 10.5 Å². The van der Waals surface area contributed by atoms with Crippen LogP contribution in [-0.4, -0.2) is 17.3 Å². The van der Waals surface area contributed by atoms with E-state index in [2.05, 4.69) is 10.2 Å². The van der Waals surface area contributed by atoms with Crippen molar-refractivity contribution >= 4 is 16.6 Å². The van der Waals surface area contributed by atoms with Crippen LogP contribution >= 0.6 is 0 Å². The monoisotopic (exact) mass is 163 g/mol. The highest BCUT2D eigenvalue weighted by Gasteiger charge is 2.05. The highest BCUT2D eigenvalue weighted by Crippen LogP contribution is 2.29. The Morgan fingerprint density at radius 1 is 1.50 bits per heavy atom. The third-order valence-corrected chi connectivity index (χ3v) is 1.80. The number of anilines is 1. The summed E-state index contributed by atoms with van der Waals surface area (Å²) in [4.78, 5) is 0. The average molecular weight is 163 g/mol. The van der Waals surface area contributed by atoms with Gasteiger partial charge in [0.1, 0.15) is 5.52 Å². The number of nitrogens with two attached hydrogens (primary N) is 1. The maximum atomic E-state index is 5.68. The molecule has 3 N–H and O–H groups in total. The van der Waals surface area contributed by atoms with Crippen LogP contribution in [0.3, 0.4) is 0 Å². The number of ether oxygens (including phenoxy) is 1. The maximum Gasteiger partial charge on any atom is 0.167 e. The number of fused-ring (bicyclic) bond motifs is 1. The Hall–Kier alpha value is -1.71. The van der Waals surface area contributed by atoms with Gasteiger partial charge in [0.05, 0.1) is 19.0 Å². The Morgan fingerprint density at radius 2 is 2.33 bits per heavy atom. The first kappa shape index (κ1) is 6.97. The van der Waals surface area contributed by atoms with E-state index in [0.29, 0.717) is 11.4 Å². The van der Waals surface area contributed by atoms with Gasteiger partial charge in [0, 0.05) is 5.39 Å². The van der Waals surface area contributed by atoms with Crippen LogP contribution in [0.25, 0.3) is 10.9 Å². The fourth-order valence-electron chi connectivity index (χ4n) is 1.22. The largest absolute Gasteiger partial charge is 0.492 e. The van der Waals surface area contributed by atoms with Crippen LogP contribution in [0, 0.1) is 0 Å². The quantitative estimate of drug-likeness (QED) is 0.620. The number of nitrogen functional groups attached to an aromatic ring is 1. The number of rotatable bonds is 1. The van der Waals surface area contributed by atoms with Crippen molar-refractivity contribution in [1.29, 1.82) is 0 Å². The zero-order valence-corrected chi connectivity index (χ0v) is 6.66. The number of H-pyrrole nitrogens is 1. The molecule has 62 valence electrons. The summed E-state index contributed by atoms with van der Waals surface area (Å²) in [5, 5.41) is 7.72. The van der Waals surface area contributed by atoms with Gasteiger partial charge in [-0.1, -0.05) is 0 Å². The molecule has 0 aliphatic carbocycles. The minimum atomic E-state index is 0.620. The van der Waals surface area contributed by atoms with Crippen molar-refractivity contribution in [2.75, 3.05) is 12.8 Å². The minimum Gasteiger partial charge on any atom is -0.492 e. The minimum absolute atomic E-state index is 0.620. The maximum absolute atomic E-state index is 5.68. The topological polar surface area (TPSA) is 63.9 Å². The molecule has 0 amide bonds. The fraction of sp³-hybridized carbons (Fsp3) is 0.125. The van der Waals surface area contributed by atoms with Gasteiger partial charge in [-0.3, -0.25) is 5.10 Å². The first-order chi connectivity index (χ1) is 5.83. The summed E-state index contributed by atoms with van der Waals surface area (Å²) in [6.07, 6.45) is 1.73. The predicted octanol–water partition coefficient (Wildman–Crippen LogP) is 1.15. The van der Waals surface area contributed by atoms with Crippen molar-refractivity contribution in [3.8, 4) is 5.75 Å². The Balaban J connectivity index is 2.83. The van der Waals surface area contributed by atoms with E-state index in [4.69, 9.17) is 10.5 Å².